The third-order valence-electron chi connectivity index (χ3n) is 2.17. The largest absolute Gasteiger partial charge is 0.324 e. The SMILES string of the molecule is C/N=C1\N(C)C=CC(C)(N)N1C. The normalized spacial score (nSPS) is 33.2. The molecule has 0 saturated heterocycles. The van der Waals surface area contributed by atoms with Crippen LogP contribution in [0.1, 0.15) is 6.92 Å². The van der Waals surface area contributed by atoms with Gasteiger partial charge in [-0.15, -0.1) is 0 Å². The van der Waals surface area contributed by atoms with Gasteiger partial charge < -0.3 is 15.5 Å². The van der Waals surface area contributed by atoms with E-state index in [0.717, 1.165) is 5.96 Å². The summed E-state index contributed by atoms with van der Waals surface area (Å²) in [5.74, 6) is 0.877. The van der Waals surface area contributed by atoms with Crippen molar-refractivity contribution in [2.24, 2.45) is 10.7 Å². The molecule has 4 heteroatoms. The Kier molecular flexibility index (Phi) is 2.10. The van der Waals surface area contributed by atoms with Crippen molar-refractivity contribution in [3.8, 4) is 0 Å². The molecule has 0 amide bonds. The fourth-order valence-corrected chi connectivity index (χ4v) is 1.20. The quantitative estimate of drug-likeness (QED) is 0.555. The molecule has 0 radical (unpaired) electrons. The second-order valence-electron chi connectivity index (χ2n) is 3.24. The maximum atomic E-state index is 5.98. The predicted octanol–water partition coefficient (Wildman–Crippen LogP) is 0.0380. The summed E-state index contributed by atoms with van der Waals surface area (Å²) in [5.41, 5.74) is 5.55. The molecule has 12 heavy (non-hydrogen) atoms. The zero-order valence-electron chi connectivity index (χ0n) is 8.07. The molecular weight excluding hydrogens is 152 g/mol. The molecule has 1 heterocycles. The van der Waals surface area contributed by atoms with E-state index in [0.29, 0.717) is 0 Å². The lowest BCUT2D eigenvalue weighted by Gasteiger charge is -2.41. The number of nitrogens with two attached hydrogens (primary N) is 1. The van der Waals surface area contributed by atoms with Gasteiger partial charge in [0.05, 0.1) is 0 Å². The van der Waals surface area contributed by atoms with Gasteiger partial charge in [0.1, 0.15) is 5.66 Å². The van der Waals surface area contributed by atoms with E-state index >= 15 is 0 Å². The number of aliphatic imine (C=N–C) groups is 1. The van der Waals surface area contributed by atoms with Crippen LogP contribution in [0.4, 0.5) is 0 Å². The fourth-order valence-electron chi connectivity index (χ4n) is 1.20. The van der Waals surface area contributed by atoms with Gasteiger partial charge in [0, 0.05) is 27.3 Å². The molecule has 0 aromatic carbocycles. The zero-order chi connectivity index (χ0) is 9.35. The van der Waals surface area contributed by atoms with Crippen molar-refractivity contribution in [3.05, 3.63) is 12.3 Å². The van der Waals surface area contributed by atoms with Crippen LogP contribution in [-0.4, -0.2) is 42.6 Å². The van der Waals surface area contributed by atoms with Crippen LogP contribution in [0.2, 0.25) is 0 Å². The van der Waals surface area contributed by atoms with E-state index in [4.69, 9.17) is 5.73 Å². The lowest BCUT2D eigenvalue weighted by molar-refractivity contribution is 0.260. The van der Waals surface area contributed by atoms with Gasteiger partial charge in [0.25, 0.3) is 0 Å². The predicted molar refractivity (Wildman–Crippen MR) is 50.6 cm³/mol. The van der Waals surface area contributed by atoms with E-state index in [-0.39, 0.29) is 0 Å². The van der Waals surface area contributed by atoms with Crippen LogP contribution < -0.4 is 5.73 Å². The second kappa shape index (κ2) is 2.79. The monoisotopic (exact) mass is 168 g/mol. The molecule has 1 unspecified atom stereocenters. The Morgan fingerprint density at radius 3 is 2.50 bits per heavy atom. The smallest absolute Gasteiger partial charge is 0.201 e. The molecule has 0 aliphatic carbocycles. The molecule has 68 valence electrons. The van der Waals surface area contributed by atoms with Crippen molar-refractivity contribution in [1.29, 1.82) is 0 Å². The summed E-state index contributed by atoms with van der Waals surface area (Å²) in [6, 6.07) is 0. The molecule has 0 fully saturated rings. The van der Waals surface area contributed by atoms with Gasteiger partial charge in [-0.05, 0) is 13.0 Å². The molecule has 1 aliphatic heterocycles. The first-order chi connectivity index (χ1) is 5.49. The van der Waals surface area contributed by atoms with Gasteiger partial charge in [-0.1, -0.05) is 0 Å². The highest BCUT2D eigenvalue weighted by Gasteiger charge is 2.28. The van der Waals surface area contributed by atoms with Crippen LogP contribution in [0.3, 0.4) is 0 Å². The number of hydrogen-bond acceptors (Lipinski definition) is 2. The highest BCUT2D eigenvalue weighted by atomic mass is 15.4. The highest BCUT2D eigenvalue weighted by Crippen LogP contribution is 2.15. The van der Waals surface area contributed by atoms with Gasteiger partial charge in [-0.2, -0.15) is 0 Å². The Morgan fingerprint density at radius 2 is 2.08 bits per heavy atom. The van der Waals surface area contributed by atoms with Gasteiger partial charge in [0.15, 0.2) is 0 Å². The van der Waals surface area contributed by atoms with Crippen LogP contribution in [0.15, 0.2) is 17.3 Å². The first-order valence-corrected chi connectivity index (χ1v) is 3.90. The number of likely N-dealkylation sites (N-methyl/N-ethyl adjacent to an activating group) is 1. The summed E-state index contributed by atoms with van der Waals surface area (Å²) in [5, 5.41) is 0. The van der Waals surface area contributed by atoms with Gasteiger partial charge >= 0.3 is 0 Å². The minimum atomic E-state index is -0.429. The number of rotatable bonds is 0. The molecule has 1 atom stereocenters. The third-order valence-corrected chi connectivity index (χ3v) is 2.17. The summed E-state index contributed by atoms with van der Waals surface area (Å²) >= 11 is 0. The van der Waals surface area contributed by atoms with Crippen LogP contribution in [0, 0.1) is 0 Å². The lowest BCUT2D eigenvalue weighted by atomic mass is 10.1. The zero-order valence-corrected chi connectivity index (χ0v) is 8.07. The van der Waals surface area contributed by atoms with E-state index in [1.807, 2.05) is 43.1 Å². The van der Waals surface area contributed by atoms with E-state index in [2.05, 4.69) is 4.99 Å². The summed E-state index contributed by atoms with van der Waals surface area (Å²) in [6.07, 6.45) is 3.88. The third kappa shape index (κ3) is 1.30. The molecule has 0 aromatic heterocycles. The van der Waals surface area contributed by atoms with Gasteiger partial charge in [0.2, 0.25) is 5.96 Å². The van der Waals surface area contributed by atoms with E-state index in [9.17, 15) is 0 Å². The molecule has 0 aromatic rings. The summed E-state index contributed by atoms with van der Waals surface area (Å²) < 4.78 is 0. The lowest BCUT2D eigenvalue weighted by Crippen LogP contribution is -2.58. The summed E-state index contributed by atoms with van der Waals surface area (Å²) in [7, 11) is 5.64. The van der Waals surface area contributed by atoms with Crippen LogP contribution in [0.25, 0.3) is 0 Å². The number of guanidine groups is 1. The van der Waals surface area contributed by atoms with E-state index < -0.39 is 5.66 Å². The minimum Gasteiger partial charge on any atom is -0.324 e. The molecule has 0 bridgehead atoms. The van der Waals surface area contributed by atoms with Crippen molar-refractivity contribution in [2.75, 3.05) is 21.1 Å². The van der Waals surface area contributed by atoms with Gasteiger partial charge in [-0.3, -0.25) is 4.99 Å². The number of hydrogen-bond donors (Lipinski definition) is 1. The molecule has 4 nitrogen and oxygen atoms in total. The summed E-state index contributed by atoms with van der Waals surface area (Å²) in [4.78, 5) is 8.02. The van der Waals surface area contributed by atoms with Crippen LogP contribution in [-0.2, 0) is 0 Å². The Balaban J connectivity index is 3.02. The average Bonchev–Trinajstić information content (AvgIpc) is 2.00. The fraction of sp³-hybridized carbons (Fsp3) is 0.625. The van der Waals surface area contributed by atoms with Crippen LogP contribution >= 0.6 is 0 Å². The maximum Gasteiger partial charge on any atom is 0.201 e. The molecule has 0 spiro atoms. The Bertz CT molecular complexity index is 229. The Morgan fingerprint density at radius 1 is 1.50 bits per heavy atom. The Hall–Kier alpha value is -1.03. The minimum absolute atomic E-state index is 0.429. The molecule has 1 rings (SSSR count). The second-order valence-corrected chi connectivity index (χ2v) is 3.24. The molecule has 1 aliphatic rings. The molecule has 2 N–H and O–H groups in total. The van der Waals surface area contributed by atoms with Gasteiger partial charge in [-0.25, -0.2) is 0 Å². The van der Waals surface area contributed by atoms with Crippen molar-refractivity contribution < 1.29 is 0 Å². The van der Waals surface area contributed by atoms with E-state index in [1.165, 1.54) is 0 Å². The Labute approximate surface area is 73.4 Å². The van der Waals surface area contributed by atoms with E-state index in [1.54, 1.807) is 7.05 Å². The first-order valence-electron chi connectivity index (χ1n) is 3.90. The van der Waals surface area contributed by atoms with Crippen molar-refractivity contribution >= 4 is 5.96 Å². The topological polar surface area (TPSA) is 44.9 Å². The maximum absolute atomic E-state index is 5.98. The highest BCUT2D eigenvalue weighted by molar-refractivity contribution is 5.82. The first kappa shape index (κ1) is 9.06. The molecular formula is C8H16N4. The van der Waals surface area contributed by atoms with Crippen LogP contribution in [0.5, 0.6) is 0 Å². The summed E-state index contributed by atoms with van der Waals surface area (Å²) in [6.45, 7) is 1.95. The number of nitrogens with zero attached hydrogens (tertiary/aromatic N) is 3. The van der Waals surface area contributed by atoms with Crippen molar-refractivity contribution in [1.82, 2.24) is 9.80 Å². The average molecular weight is 168 g/mol. The van der Waals surface area contributed by atoms with Crippen molar-refractivity contribution in [3.63, 3.8) is 0 Å². The van der Waals surface area contributed by atoms with Crippen molar-refractivity contribution in [2.45, 2.75) is 12.6 Å². The molecule has 0 saturated carbocycles. The standard InChI is InChI=1S/C8H16N4/c1-8(9)5-6-11(3)7(10-2)12(8)4/h5-6H,9H2,1-4H3/b10-7+.